The van der Waals surface area contributed by atoms with E-state index in [1.165, 1.54) is 21.8 Å². The maximum absolute atomic E-state index is 5.82. The fourth-order valence-electron chi connectivity index (χ4n) is 3.43. The van der Waals surface area contributed by atoms with Gasteiger partial charge in [-0.15, -0.1) is 0 Å². The lowest BCUT2D eigenvalue weighted by atomic mass is 10.2. The van der Waals surface area contributed by atoms with Crippen molar-refractivity contribution in [3.63, 3.8) is 0 Å². The molecule has 4 aromatic rings. The lowest BCUT2D eigenvalue weighted by Crippen LogP contribution is -2.11. The van der Waals surface area contributed by atoms with Gasteiger partial charge in [0.2, 0.25) is 0 Å². The van der Waals surface area contributed by atoms with Crippen molar-refractivity contribution in [1.82, 2.24) is 4.57 Å². The van der Waals surface area contributed by atoms with Gasteiger partial charge in [-0.25, -0.2) is 0 Å². The molecule has 1 heterocycles. The molecule has 0 N–H and O–H groups in total. The molecule has 0 amide bonds. The van der Waals surface area contributed by atoms with Crippen molar-refractivity contribution in [3.8, 4) is 5.75 Å². The Morgan fingerprint density at radius 1 is 0.692 bits per heavy atom. The molecule has 3 aromatic carbocycles. The third kappa shape index (κ3) is 3.31. The topological polar surface area (TPSA) is 23.4 Å². The SMILES string of the molecule is Cc1ccccc1OCCOCCn1c2ccccc2c2ccccc21. The summed E-state index contributed by atoms with van der Waals surface area (Å²) in [6.45, 7) is 4.71. The van der Waals surface area contributed by atoms with Crippen LogP contribution in [-0.2, 0) is 11.3 Å². The number of aromatic nitrogens is 1. The van der Waals surface area contributed by atoms with Gasteiger partial charge in [0.15, 0.2) is 0 Å². The molecule has 0 bridgehead atoms. The van der Waals surface area contributed by atoms with Gasteiger partial charge in [0.1, 0.15) is 12.4 Å². The first-order valence-corrected chi connectivity index (χ1v) is 9.07. The van der Waals surface area contributed by atoms with Gasteiger partial charge in [-0.1, -0.05) is 54.6 Å². The predicted octanol–water partition coefficient (Wildman–Crippen LogP) is 5.20. The number of hydrogen-bond donors (Lipinski definition) is 0. The van der Waals surface area contributed by atoms with E-state index in [0.29, 0.717) is 19.8 Å². The molecule has 3 heteroatoms. The third-order valence-electron chi connectivity index (χ3n) is 4.72. The number of aryl methyl sites for hydroxylation is 1. The predicted molar refractivity (Wildman–Crippen MR) is 107 cm³/mol. The number of para-hydroxylation sites is 3. The van der Waals surface area contributed by atoms with Crippen LogP contribution in [0.25, 0.3) is 21.8 Å². The minimum Gasteiger partial charge on any atom is -0.491 e. The van der Waals surface area contributed by atoms with Crippen LogP contribution in [0.1, 0.15) is 5.56 Å². The van der Waals surface area contributed by atoms with E-state index in [-0.39, 0.29) is 0 Å². The Hall–Kier alpha value is -2.78. The summed E-state index contributed by atoms with van der Waals surface area (Å²) in [7, 11) is 0. The molecule has 26 heavy (non-hydrogen) atoms. The molecule has 0 saturated carbocycles. The molecule has 0 saturated heterocycles. The zero-order valence-corrected chi connectivity index (χ0v) is 15.0. The highest BCUT2D eigenvalue weighted by molar-refractivity contribution is 6.07. The minimum atomic E-state index is 0.567. The summed E-state index contributed by atoms with van der Waals surface area (Å²) in [6, 6.07) is 25.2. The first-order chi connectivity index (χ1) is 12.8. The Labute approximate surface area is 153 Å². The molecule has 0 atom stereocenters. The summed E-state index contributed by atoms with van der Waals surface area (Å²) in [4.78, 5) is 0. The third-order valence-corrected chi connectivity index (χ3v) is 4.72. The smallest absolute Gasteiger partial charge is 0.122 e. The van der Waals surface area contributed by atoms with Gasteiger partial charge >= 0.3 is 0 Å². The molecular formula is C23H23NO2. The molecule has 132 valence electrons. The van der Waals surface area contributed by atoms with Crippen LogP contribution in [0.4, 0.5) is 0 Å². The maximum atomic E-state index is 5.82. The largest absolute Gasteiger partial charge is 0.491 e. The Balaban J connectivity index is 1.37. The van der Waals surface area contributed by atoms with Gasteiger partial charge < -0.3 is 14.0 Å². The molecule has 4 rings (SSSR count). The van der Waals surface area contributed by atoms with Gasteiger partial charge in [0.05, 0.1) is 13.2 Å². The number of benzene rings is 3. The molecule has 0 spiro atoms. The van der Waals surface area contributed by atoms with Crippen molar-refractivity contribution >= 4 is 21.8 Å². The van der Waals surface area contributed by atoms with Crippen LogP contribution in [-0.4, -0.2) is 24.4 Å². The zero-order chi connectivity index (χ0) is 17.8. The van der Waals surface area contributed by atoms with E-state index >= 15 is 0 Å². The normalized spacial score (nSPS) is 11.3. The van der Waals surface area contributed by atoms with E-state index in [9.17, 15) is 0 Å². The Morgan fingerprint density at radius 2 is 1.31 bits per heavy atom. The summed E-state index contributed by atoms with van der Waals surface area (Å²) < 4.78 is 13.9. The van der Waals surface area contributed by atoms with E-state index in [1.807, 2.05) is 18.2 Å². The molecule has 0 aliphatic carbocycles. The summed E-state index contributed by atoms with van der Waals surface area (Å²) in [6.07, 6.45) is 0. The van der Waals surface area contributed by atoms with Gasteiger partial charge in [-0.3, -0.25) is 0 Å². The molecule has 3 nitrogen and oxygen atoms in total. The quantitative estimate of drug-likeness (QED) is 0.430. The van der Waals surface area contributed by atoms with Crippen LogP contribution in [0.15, 0.2) is 72.8 Å². The first-order valence-electron chi connectivity index (χ1n) is 9.07. The van der Waals surface area contributed by atoms with Crippen LogP contribution in [0, 0.1) is 6.92 Å². The lowest BCUT2D eigenvalue weighted by molar-refractivity contribution is 0.0952. The van der Waals surface area contributed by atoms with Crippen molar-refractivity contribution in [3.05, 3.63) is 78.4 Å². The minimum absolute atomic E-state index is 0.567. The lowest BCUT2D eigenvalue weighted by Gasteiger charge is -2.10. The van der Waals surface area contributed by atoms with Crippen molar-refractivity contribution in [1.29, 1.82) is 0 Å². The zero-order valence-electron chi connectivity index (χ0n) is 15.0. The fraction of sp³-hybridized carbons (Fsp3) is 0.217. The Morgan fingerprint density at radius 3 is 2.00 bits per heavy atom. The standard InChI is InChI=1S/C23H23NO2/c1-18-8-2-7-13-23(18)26-17-16-25-15-14-24-21-11-5-3-9-19(21)20-10-4-6-12-22(20)24/h2-13H,14-17H2,1H3. The second kappa shape index (κ2) is 7.63. The Bertz CT molecular complexity index is 966. The summed E-state index contributed by atoms with van der Waals surface area (Å²) in [5, 5.41) is 2.59. The number of fused-ring (bicyclic) bond motifs is 3. The maximum Gasteiger partial charge on any atom is 0.122 e. The number of nitrogens with zero attached hydrogens (tertiary/aromatic N) is 1. The van der Waals surface area contributed by atoms with E-state index in [4.69, 9.17) is 9.47 Å². The van der Waals surface area contributed by atoms with E-state index in [2.05, 4.69) is 66.1 Å². The molecule has 1 aromatic heterocycles. The second-order valence-corrected chi connectivity index (χ2v) is 6.41. The van der Waals surface area contributed by atoms with E-state index < -0.39 is 0 Å². The highest BCUT2D eigenvalue weighted by Crippen LogP contribution is 2.28. The van der Waals surface area contributed by atoms with Crippen molar-refractivity contribution in [2.24, 2.45) is 0 Å². The van der Waals surface area contributed by atoms with Gasteiger partial charge in [0.25, 0.3) is 0 Å². The van der Waals surface area contributed by atoms with Crippen LogP contribution in [0.5, 0.6) is 5.75 Å². The van der Waals surface area contributed by atoms with Gasteiger partial charge in [0, 0.05) is 28.4 Å². The molecule has 0 radical (unpaired) electrons. The van der Waals surface area contributed by atoms with Crippen LogP contribution < -0.4 is 4.74 Å². The van der Waals surface area contributed by atoms with E-state index in [1.54, 1.807) is 0 Å². The number of rotatable bonds is 7. The van der Waals surface area contributed by atoms with Crippen LogP contribution >= 0.6 is 0 Å². The second-order valence-electron chi connectivity index (χ2n) is 6.41. The van der Waals surface area contributed by atoms with Gasteiger partial charge in [-0.2, -0.15) is 0 Å². The Kier molecular flexibility index (Phi) is 4.89. The van der Waals surface area contributed by atoms with Crippen LogP contribution in [0.3, 0.4) is 0 Å². The summed E-state index contributed by atoms with van der Waals surface area (Å²) in [5.41, 5.74) is 3.67. The summed E-state index contributed by atoms with van der Waals surface area (Å²) >= 11 is 0. The molecular weight excluding hydrogens is 322 g/mol. The number of ether oxygens (including phenoxy) is 2. The number of hydrogen-bond acceptors (Lipinski definition) is 2. The molecule has 0 unspecified atom stereocenters. The van der Waals surface area contributed by atoms with Crippen molar-refractivity contribution in [2.45, 2.75) is 13.5 Å². The van der Waals surface area contributed by atoms with Crippen LogP contribution in [0.2, 0.25) is 0 Å². The average molecular weight is 345 g/mol. The molecule has 0 aliphatic heterocycles. The highest BCUT2D eigenvalue weighted by Gasteiger charge is 2.09. The van der Waals surface area contributed by atoms with Crippen molar-refractivity contribution in [2.75, 3.05) is 19.8 Å². The molecule has 0 fully saturated rings. The van der Waals surface area contributed by atoms with Gasteiger partial charge in [-0.05, 0) is 30.7 Å². The fourth-order valence-corrected chi connectivity index (χ4v) is 3.43. The van der Waals surface area contributed by atoms with E-state index in [0.717, 1.165) is 17.9 Å². The average Bonchev–Trinajstić information content (AvgIpc) is 3.00. The summed E-state index contributed by atoms with van der Waals surface area (Å²) in [5.74, 6) is 0.929. The highest BCUT2D eigenvalue weighted by atomic mass is 16.5. The first kappa shape index (κ1) is 16.7. The monoisotopic (exact) mass is 345 g/mol. The van der Waals surface area contributed by atoms with Crippen molar-refractivity contribution < 1.29 is 9.47 Å². The molecule has 0 aliphatic rings.